The van der Waals surface area contributed by atoms with E-state index in [1.807, 2.05) is 18.4 Å². The van der Waals surface area contributed by atoms with E-state index in [0.717, 1.165) is 41.9 Å². The van der Waals surface area contributed by atoms with E-state index in [9.17, 15) is 14.7 Å². The lowest BCUT2D eigenvalue weighted by atomic mass is 9.97. The first-order chi connectivity index (χ1) is 17.3. The van der Waals surface area contributed by atoms with Crippen molar-refractivity contribution in [1.29, 1.82) is 0 Å². The quantitative estimate of drug-likeness (QED) is 0.139. The first-order valence-corrected chi connectivity index (χ1v) is 13.3. The number of rotatable bonds is 17. The molecule has 6 nitrogen and oxygen atoms in total. The number of nitrogens with one attached hydrogen (secondary N) is 1. The van der Waals surface area contributed by atoms with Crippen LogP contribution in [0, 0.1) is 5.92 Å². The number of allylic oxidation sites excluding steroid dienone is 3. The molecule has 0 amide bonds. The summed E-state index contributed by atoms with van der Waals surface area (Å²) in [6.07, 6.45) is 18.9. The van der Waals surface area contributed by atoms with Crippen molar-refractivity contribution < 1.29 is 19.4 Å². The SMILES string of the molecule is COc1cc(C=CC(=O)CC(=O)CCCCCCCCCC(C)C)c(CC2=CNC(N)C=C2)cc1O. The van der Waals surface area contributed by atoms with Crippen LogP contribution in [-0.4, -0.2) is 29.9 Å². The summed E-state index contributed by atoms with van der Waals surface area (Å²) in [5.41, 5.74) is 8.38. The summed E-state index contributed by atoms with van der Waals surface area (Å²) in [7, 11) is 1.48. The fourth-order valence-corrected chi connectivity index (χ4v) is 4.25. The molecule has 0 fully saturated rings. The second-order valence-corrected chi connectivity index (χ2v) is 10.1. The van der Waals surface area contributed by atoms with Crippen molar-refractivity contribution in [3.8, 4) is 11.5 Å². The van der Waals surface area contributed by atoms with Gasteiger partial charge in [-0.25, -0.2) is 0 Å². The maximum absolute atomic E-state index is 12.4. The number of phenols is 1. The molecule has 1 aromatic carbocycles. The average molecular weight is 497 g/mol. The summed E-state index contributed by atoms with van der Waals surface area (Å²) in [6.45, 7) is 4.53. The van der Waals surface area contributed by atoms with Crippen LogP contribution in [0.4, 0.5) is 0 Å². The van der Waals surface area contributed by atoms with Gasteiger partial charge in [0, 0.05) is 12.6 Å². The molecule has 0 saturated carbocycles. The van der Waals surface area contributed by atoms with E-state index in [0.29, 0.717) is 18.6 Å². The molecule has 6 heteroatoms. The number of ether oxygens (including phenoxy) is 1. The number of hydrogen-bond acceptors (Lipinski definition) is 6. The second-order valence-electron chi connectivity index (χ2n) is 10.1. The number of ketones is 2. The Labute approximate surface area is 216 Å². The van der Waals surface area contributed by atoms with Crippen LogP contribution in [0.25, 0.3) is 6.08 Å². The van der Waals surface area contributed by atoms with E-state index in [1.165, 1.54) is 45.3 Å². The Morgan fingerprint density at radius 1 is 1.11 bits per heavy atom. The van der Waals surface area contributed by atoms with Crippen molar-refractivity contribution in [3.05, 3.63) is 53.3 Å². The second kappa shape index (κ2) is 16.0. The first kappa shape index (κ1) is 29.4. The molecule has 1 heterocycles. The minimum atomic E-state index is -0.216. The smallest absolute Gasteiger partial charge is 0.163 e. The van der Waals surface area contributed by atoms with Gasteiger partial charge in [-0.1, -0.05) is 70.9 Å². The number of carbonyl (C=O) groups excluding carboxylic acids is 2. The molecule has 1 aliphatic heterocycles. The molecule has 0 saturated heterocycles. The molecule has 36 heavy (non-hydrogen) atoms. The Morgan fingerprint density at radius 3 is 2.44 bits per heavy atom. The third-order valence-corrected chi connectivity index (χ3v) is 6.37. The molecule has 0 aliphatic carbocycles. The number of dihydropyridines is 1. The van der Waals surface area contributed by atoms with E-state index >= 15 is 0 Å². The van der Waals surface area contributed by atoms with Crippen LogP contribution in [0.5, 0.6) is 11.5 Å². The predicted octanol–water partition coefficient (Wildman–Crippen LogP) is 5.98. The Bertz CT molecular complexity index is 947. The largest absolute Gasteiger partial charge is 0.504 e. The van der Waals surface area contributed by atoms with Gasteiger partial charge in [-0.15, -0.1) is 0 Å². The van der Waals surface area contributed by atoms with Crippen molar-refractivity contribution >= 4 is 17.6 Å². The highest BCUT2D eigenvalue weighted by Gasteiger charge is 2.12. The molecule has 1 unspecified atom stereocenters. The number of nitrogens with two attached hydrogens (primary N) is 1. The Hall–Kier alpha value is -2.86. The molecule has 198 valence electrons. The molecular weight excluding hydrogens is 452 g/mol. The molecule has 2 rings (SSSR count). The van der Waals surface area contributed by atoms with Crippen LogP contribution in [-0.2, 0) is 16.0 Å². The summed E-state index contributed by atoms with van der Waals surface area (Å²) in [5.74, 6) is 0.924. The Morgan fingerprint density at radius 2 is 1.81 bits per heavy atom. The van der Waals surface area contributed by atoms with Gasteiger partial charge in [0.1, 0.15) is 5.78 Å². The number of hydrogen-bond donors (Lipinski definition) is 3. The minimum Gasteiger partial charge on any atom is -0.504 e. The van der Waals surface area contributed by atoms with Gasteiger partial charge < -0.3 is 20.9 Å². The normalized spacial score (nSPS) is 15.2. The molecule has 0 bridgehead atoms. The zero-order chi connectivity index (χ0) is 26.3. The Kier molecular flexibility index (Phi) is 13.1. The number of Topliss-reactive ketones (excluding diaryl/α,β-unsaturated/α-hetero) is 1. The zero-order valence-electron chi connectivity index (χ0n) is 22.2. The van der Waals surface area contributed by atoms with Gasteiger partial charge in [-0.3, -0.25) is 9.59 Å². The summed E-state index contributed by atoms with van der Waals surface area (Å²) < 4.78 is 5.24. The fraction of sp³-hybridized carbons (Fsp3) is 0.533. The van der Waals surface area contributed by atoms with Crippen LogP contribution in [0.3, 0.4) is 0 Å². The maximum atomic E-state index is 12.4. The number of benzene rings is 1. The van der Waals surface area contributed by atoms with Gasteiger partial charge in [-0.05, 0) is 59.7 Å². The molecule has 4 N–H and O–H groups in total. The lowest BCUT2D eigenvalue weighted by Crippen LogP contribution is -2.33. The first-order valence-electron chi connectivity index (χ1n) is 13.3. The molecular formula is C30H44N2O4. The van der Waals surface area contributed by atoms with Gasteiger partial charge in [0.2, 0.25) is 0 Å². The summed E-state index contributed by atoms with van der Waals surface area (Å²) >= 11 is 0. The molecule has 0 spiro atoms. The van der Waals surface area contributed by atoms with Crippen molar-refractivity contribution in [3.63, 3.8) is 0 Å². The lowest BCUT2D eigenvalue weighted by Gasteiger charge is -2.16. The van der Waals surface area contributed by atoms with Crippen LogP contribution < -0.4 is 15.8 Å². The van der Waals surface area contributed by atoms with Crippen LogP contribution in [0.15, 0.2) is 42.1 Å². The number of phenolic OH excluding ortho intramolecular Hbond substituents is 1. The third kappa shape index (κ3) is 11.3. The molecule has 0 aromatic heterocycles. The molecule has 1 aromatic rings. The van der Waals surface area contributed by atoms with Gasteiger partial charge in [-0.2, -0.15) is 0 Å². The lowest BCUT2D eigenvalue weighted by molar-refractivity contribution is -0.124. The van der Waals surface area contributed by atoms with E-state index in [1.54, 1.807) is 18.2 Å². The maximum Gasteiger partial charge on any atom is 0.163 e. The number of methoxy groups -OCH3 is 1. The number of carbonyl (C=O) groups is 2. The van der Waals surface area contributed by atoms with Crippen molar-refractivity contribution in [2.45, 2.75) is 90.6 Å². The monoisotopic (exact) mass is 496 g/mol. The van der Waals surface area contributed by atoms with Gasteiger partial charge in [0.25, 0.3) is 0 Å². The standard InChI is InChI=1S/C30H44N2O4/c1-22(2)11-9-7-5-4-6-8-10-12-26(33)20-27(34)15-14-24-19-29(36-3)28(35)18-25(24)17-23-13-16-30(31)32-21-23/h13-16,18-19,21-22,30,32,35H,4-12,17,20,31H2,1-3H3. The topological polar surface area (TPSA) is 102 Å². The highest BCUT2D eigenvalue weighted by molar-refractivity contribution is 6.06. The van der Waals surface area contributed by atoms with Crippen LogP contribution >= 0.6 is 0 Å². The summed E-state index contributed by atoms with van der Waals surface area (Å²) in [5, 5.41) is 13.3. The van der Waals surface area contributed by atoms with Gasteiger partial charge >= 0.3 is 0 Å². The van der Waals surface area contributed by atoms with E-state index < -0.39 is 0 Å². The number of unbranched alkanes of at least 4 members (excludes halogenated alkanes) is 6. The Balaban J connectivity index is 1.81. The van der Waals surface area contributed by atoms with Gasteiger partial charge in [0.15, 0.2) is 17.3 Å². The average Bonchev–Trinajstić information content (AvgIpc) is 2.83. The fourth-order valence-electron chi connectivity index (χ4n) is 4.25. The molecule has 1 aliphatic rings. The summed E-state index contributed by atoms with van der Waals surface area (Å²) in [6, 6.07) is 3.34. The van der Waals surface area contributed by atoms with Crippen molar-refractivity contribution in [2.24, 2.45) is 11.7 Å². The molecule has 0 radical (unpaired) electrons. The van der Waals surface area contributed by atoms with Crippen LogP contribution in [0.2, 0.25) is 0 Å². The highest BCUT2D eigenvalue weighted by Crippen LogP contribution is 2.31. The summed E-state index contributed by atoms with van der Waals surface area (Å²) in [4.78, 5) is 24.7. The zero-order valence-corrected chi connectivity index (χ0v) is 22.2. The predicted molar refractivity (Wildman–Crippen MR) is 147 cm³/mol. The minimum absolute atomic E-state index is 0.00925. The highest BCUT2D eigenvalue weighted by atomic mass is 16.5. The number of aromatic hydroxyl groups is 1. The van der Waals surface area contributed by atoms with Crippen molar-refractivity contribution in [2.75, 3.05) is 7.11 Å². The van der Waals surface area contributed by atoms with Crippen molar-refractivity contribution in [1.82, 2.24) is 5.32 Å². The van der Waals surface area contributed by atoms with Gasteiger partial charge in [0.05, 0.1) is 19.7 Å². The van der Waals surface area contributed by atoms with E-state index in [2.05, 4.69) is 19.2 Å². The molecule has 1 atom stereocenters. The van der Waals surface area contributed by atoms with E-state index in [4.69, 9.17) is 10.5 Å². The van der Waals surface area contributed by atoms with Crippen LogP contribution in [0.1, 0.15) is 89.2 Å². The van der Waals surface area contributed by atoms with E-state index in [-0.39, 0.29) is 29.9 Å². The third-order valence-electron chi connectivity index (χ3n) is 6.37.